The molecule has 0 spiro atoms. The first kappa shape index (κ1) is 12.7. The van der Waals surface area contributed by atoms with E-state index in [2.05, 4.69) is 21.1 Å². The third-order valence-corrected chi connectivity index (χ3v) is 2.10. The zero-order chi connectivity index (χ0) is 12.2. The van der Waals surface area contributed by atoms with Gasteiger partial charge in [0.1, 0.15) is 12.3 Å². The highest BCUT2D eigenvalue weighted by Crippen LogP contribution is 2.14. The van der Waals surface area contributed by atoms with E-state index in [1.165, 1.54) is 5.56 Å². The van der Waals surface area contributed by atoms with E-state index in [-0.39, 0.29) is 5.97 Å². The van der Waals surface area contributed by atoms with E-state index in [9.17, 15) is 4.79 Å². The molecule has 0 aliphatic carbocycles. The summed E-state index contributed by atoms with van der Waals surface area (Å²) in [5, 5.41) is 0. The molecular formula is C13H20NO2+. The summed E-state index contributed by atoms with van der Waals surface area (Å²) in [6.07, 6.45) is 0.403. The van der Waals surface area contributed by atoms with E-state index in [4.69, 9.17) is 4.74 Å². The van der Waals surface area contributed by atoms with Gasteiger partial charge in [-0.15, -0.1) is 0 Å². The van der Waals surface area contributed by atoms with Crippen LogP contribution in [0.3, 0.4) is 0 Å². The first-order valence-electron chi connectivity index (χ1n) is 5.51. The van der Waals surface area contributed by atoms with Crippen molar-refractivity contribution in [1.29, 1.82) is 0 Å². The van der Waals surface area contributed by atoms with Crippen LogP contribution in [0.1, 0.15) is 18.9 Å². The number of hydrogen-bond donors (Lipinski definition) is 0. The van der Waals surface area contributed by atoms with Gasteiger partial charge in [-0.1, -0.05) is 6.92 Å². The van der Waals surface area contributed by atoms with Crippen LogP contribution in [0.15, 0.2) is 24.3 Å². The number of quaternary nitrogens is 1. The Labute approximate surface area is 97.2 Å². The summed E-state index contributed by atoms with van der Waals surface area (Å²) in [4.78, 5) is 11.1. The molecule has 0 N–H and O–H groups in total. The van der Waals surface area contributed by atoms with Crippen LogP contribution in [-0.4, -0.2) is 31.6 Å². The van der Waals surface area contributed by atoms with Crippen molar-refractivity contribution in [3.63, 3.8) is 0 Å². The Morgan fingerprint density at radius 1 is 1.19 bits per heavy atom. The molecule has 0 bridgehead atoms. The summed E-state index contributed by atoms with van der Waals surface area (Å²) in [5.74, 6) is 0.427. The number of esters is 1. The van der Waals surface area contributed by atoms with Crippen LogP contribution in [0.4, 0.5) is 0 Å². The monoisotopic (exact) mass is 222 g/mol. The maximum Gasteiger partial charge on any atom is 0.310 e. The Kier molecular flexibility index (Phi) is 4.07. The number of ether oxygens (including phenoxy) is 1. The molecule has 0 aliphatic heterocycles. The second kappa shape index (κ2) is 5.12. The van der Waals surface area contributed by atoms with Gasteiger partial charge in [-0.2, -0.15) is 0 Å². The van der Waals surface area contributed by atoms with Gasteiger partial charge >= 0.3 is 5.97 Å². The van der Waals surface area contributed by atoms with Gasteiger partial charge < -0.3 is 9.22 Å². The molecule has 1 aromatic carbocycles. The van der Waals surface area contributed by atoms with Crippen molar-refractivity contribution >= 4 is 5.97 Å². The second-order valence-electron chi connectivity index (χ2n) is 4.92. The summed E-state index contributed by atoms with van der Waals surface area (Å²) in [7, 11) is 6.43. The van der Waals surface area contributed by atoms with E-state index in [0.29, 0.717) is 12.2 Å². The lowest BCUT2D eigenvalue weighted by atomic mass is 10.2. The highest BCUT2D eigenvalue weighted by molar-refractivity contribution is 5.71. The zero-order valence-electron chi connectivity index (χ0n) is 10.5. The summed E-state index contributed by atoms with van der Waals surface area (Å²) in [6, 6.07) is 7.70. The van der Waals surface area contributed by atoms with Crippen LogP contribution in [0.25, 0.3) is 0 Å². The van der Waals surface area contributed by atoms with Crippen molar-refractivity contribution in [3.8, 4) is 5.75 Å². The first-order valence-corrected chi connectivity index (χ1v) is 5.51. The largest absolute Gasteiger partial charge is 0.427 e. The van der Waals surface area contributed by atoms with Crippen LogP contribution in [0, 0.1) is 0 Å². The van der Waals surface area contributed by atoms with E-state index in [1.54, 1.807) is 6.92 Å². The average molecular weight is 222 g/mol. The molecule has 16 heavy (non-hydrogen) atoms. The molecule has 0 radical (unpaired) electrons. The third-order valence-electron chi connectivity index (χ3n) is 2.10. The number of rotatable bonds is 4. The highest BCUT2D eigenvalue weighted by atomic mass is 16.5. The minimum absolute atomic E-state index is 0.195. The Morgan fingerprint density at radius 3 is 2.19 bits per heavy atom. The van der Waals surface area contributed by atoms with Crippen molar-refractivity contribution in [3.05, 3.63) is 29.8 Å². The van der Waals surface area contributed by atoms with Gasteiger partial charge in [-0.05, 0) is 24.3 Å². The molecule has 0 fully saturated rings. The molecule has 0 saturated heterocycles. The topological polar surface area (TPSA) is 26.3 Å². The van der Waals surface area contributed by atoms with Gasteiger partial charge in [-0.25, -0.2) is 0 Å². The van der Waals surface area contributed by atoms with E-state index < -0.39 is 0 Å². The number of carbonyl (C=O) groups is 1. The predicted octanol–water partition coefficient (Wildman–Crippen LogP) is 2.21. The summed E-state index contributed by atoms with van der Waals surface area (Å²) < 4.78 is 5.99. The number of benzene rings is 1. The predicted molar refractivity (Wildman–Crippen MR) is 64.1 cm³/mol. The molecule has 0 heterocycles. The normalized spacial score (nSPS) is 11.2. The van der Waals surface area contributed by atoms with Gasteiger partial charge in [0.15, 0.2) is 0 Å². The maximum absolute atomic E-state index is 11.1. The number of hydrogen-bond acceptors (Lipinski definition) is 2. The van der Waals surface area contributed by atoms with Crippen LogP contribution in [-0.2, 0) is 11.3 Å². The smallest absolute Gasteiger partial charge is 0.310 e. The number of nitrogens with zero attached hydrogens (tertiary/aromatic N) is 1. The van der Waals surface area contributed by atoms with Crippen molar-refractivity contribution in [2.45, 2.75) is 19.9 Å². The molecule has 88 valence electrons. The van der Waals surface area contributed by atoms with E-state index in [0.717, 1.165) is 11.0 Å². The Hall–Kier alpha value is -1.35. The standard InChI is InChI=1S/C13H20NO2/c1-5-13(15)16-12-8-6-11(7-9-12)10-14(2,3)4/h6-9H,5,10H2,1-4H3/q+1. The first-order chi connectivity index (χ1) is 7.40. The minimum atomic E-state index is -0.195. The second-order valence-corrected chi connectivity index (χ2v) is 4.92. The van der Waals surface area contributed by atoms with Gasteiger partial charge in [0.25, 0.3) is 0 Å². The van der Waals surface area contributed by atoms with Crippen molar-refractivity contribution in [1.82, 2.24) is 0 Å². The zero-order valence-corrected chi connectivity index (χ0v) is 10.5. The summed E-state index contributed by atoms with van der Waals surface area (Å²) >= 11 is 0. The van der Waals surface area contributed by atoms with Crippen molar-refractivity contribution in [2.75, 3.05) is 21.1 Å². The Bertz CT molecular complexity index is 349. The fourth-order valence-electron chi connectivity index (χ4n) is 1.41. The van der Waals surface area contributed by atoms with Gasteiger partial charge in [0, 0.05) is 12.0 Å². The molecule has 0 unspecified atom stereocenters. The van der Waals surface area contributed by atoms with Crippen LogP contribution >= 0.6 is 0 Å². The molecule has 3 heteroatoms. The fraction of sp³-hybridized carbons (Fsp3) is 0.462. The third kappa shape index (κ3) is 4.45. The molecule has 0 aliphatic rings. The quantitative estimate of drug-likeness (QED) is 0.443. The van der Waals surface area contributed by atoms with Gasteiger partial charge in [0.2, 0.25) is 0 Å². The fourth-order valence-corrected chi connectivity index (χ4v) is 1.41. The summed E-state index contributed by atoms with van der Waals surface area (Å²) in [5.41, 5.74) is 1.24. The van der Waals surface area contributed by atoms with E-state index >= 15 is 0 Å². The molecule has 1 aromatic rings. The Balaban J connectivity index is 2.64. The number of carbonyl (C=O) groups excluding carboxylic acids is 1. The lowest BCUT2D eigenvalue weighted by Crippen LogP contribution is -2.33. The summed E-state index contributed by atoms with van der Waals surface area (Å²) in [6.45, 7) is 2.75. The maximum atomic E-state index is 11.1. The molecule has 0 aromatic heterocycles. The molecule has 1 rings (SSSR count). The van der Waals surface area contributed by atoms with Crippen molar-refractivity contribution in [2.24, 2.45) is 0 Å². The molecule has 3 nitrogen and oxygen atoms in total. The van der Waals surface area contributed by atoms with Crippen LogP contribution in [0.2, 0.25) is 0 Å². The highest BCUT2D eigenvalue weighted by Gasteiger charge is 2.08. The van der Waals surface area contributed by atoms with Crippen molar-refractivity contribution < 1.29 is 14.0 Å². The lowest BCUT2D eigenvalue weighted by Gasteiger charge is -2.23. The van der Waals surface area contributed by atoms with E-state index in [1.807, 2.05) is 24.3 Å². The SMILES string of the molecule is CCC(=O)Oc1ccc(C[N+](C)(C)C)cc1. The molecular weight excluding hydrogens is 202 g/mol. The minimum Gasteiger partial charge on any atom is -0.427 e. The lowest BCUT2D eigenvalue weighted by molar-refractivity contribution is -0.884. The average Bonchev–Trinajstić information content (AvgIpc) is 2.18. The van der Waals surface area contributed by atoms with Crippen LogP contribution in [0.5, 0.6) is 5.75 Å². The van der Waals surface area contributed by atoms with Gasteiger partial charge in [-0.3, -0.25) is 4.79 Å². The molecule has 0 saturated carbocycles. The van der Waals surface area contributed by atoms with Gasteiger partial charge in [0.05, 0.1) is 21.1 Å². The molecule has 0 atom stereocenters. The van der Waals surface area contributed by atoms with Crippen LogP contribution < -0.4 is 4.74 Å². The molecule has 0 amide bonds. The Morgan fingerprint density at radius 2 is 1.75 bits per heavy atom.